The lowest BCUT2D eigenvalue weighted by molar-refractivity contribution is 0.248. The molecule has 24 heavy (non-hydrogen) atoms. The van der Waals surface area contributed by atoms with E-state index in [-0.39, 0.29) is 17.6 Å². The van der Waals surface area contributed by atoms with Crippen molar-refractivity contribution in [3.63, 3.8) is 0 Å². The van der Waals surface area contributed by atoms with E-state index in [1.807, 2.05) is 31.2 Å². The van der Waals surface area contributed by atoms with Gasteiger partial charge in [-0.15, -0.1) is 0 Å². The van der Waals surface area contributed by atoms with Crippen LogP contribution in [0.25, 0.3) is 11.3 Å². The zero-order chi connectivity index (χ0) is 17.5. The van der Waals surface area contributed by atoms with Gasteiger partial charge in [-0.05, 0) is 43.9 Å². The zero-order valence-electron chi connectivity index (χ0n) is 14.3. The van der Waals surface area contributed by atoms with Gasteiger partial charge in [-0.2, -0.15) is 5.10 Å². The molecular formula is C18H24N4O2. The second kappa shape index (κ2) is 8.29. The molecular weight excluding hydrogens is 304 g/mol. The van der Waals surface area contributed by atoms with Gasteiger partial charge in [-0.3, -0.25) is 4.79 Å². The highest BCUT2D eigenvalue weighted by Gasteiger charge is 2.09. The van der Waals surface area contributed by atoms with Crippen molar-refractivity contribution in [1.82, 2.24) is 15.5 Å². The van der Waals surface area contributed by atoms with Crippen molar-refractivity contribution >= 4 is 11.7 Å². The smallest absolute Gasteiger partial charge is 0.319 e. The van der Waals surface area contributed by atoms with Gasteiger partial charge in [0.1, 0.15) is 0 Å². The van der Waals surface area contributed by atoms with Crippen molar-refractivity contribution in [3.05, 3.63) is 46.8 Å². The van der Waals surface area contributed by atoms with Crippen molar-refractivity contribution in [2.24, 2.45) is 5.92 Å². The quantitative estimate of drug-likeness (QED) is 0.759. The van der Waals surface area contributed by atoms with E-state index >= 15 is 0 Å². The summed E-state index contributed by atoms with van der Waals surface area (Å²) < 4.78 is 0. The first-order valence-corrected chi connectivity index (χ1v) is 8.17. The van der Waals surface area contributed by atoms with Gasteiger partial charge in [0.25, 0.3) is 5.56 Å². The largest absolute Gasteiger partial charge is 0.335 e. The number of carbonyl (C=O) groups excluding carboxylic acids is 1. The number of amides is 2. The van der Waals surface area contributed by atoms with Gasteiger partial charge in [0.15, 0.2) is 0 Å². The van der Waals surface area contributed by atoms with Crippen molar-refractivity contribution < 1.29 is 4.79 Å². The Hall–Kier alpha value is -2.63. The van der Waals surface area contributed by atoms with Crippen LogP contribution < -0.4 is 16.2 Å². The predicted molar refractivity (Wildman–Crippen MR) is 96.0 cm³/mol. The minimum Gasteiger partial charge on any atom is -0.335 e. The summed E-state index contributed by atoms with van der Waals surface area (Å²) in [5, 5.41) is 12.2. The van der Waals surface area contributed by atoms with Crippen molar-refractivity contribution in [2.45, 2.75) is 39.7 Å². The molecule has 6 nitrogen and oxygen atoms in total. The zero-order valence-corrected chi connectivity index (χ0v) is 14.3. The average molecular weight is 328 g/mol. The van der Waals surface area contributed by atoms with Gasteiger partial charge in [0.05, 0.1) is 5.69 Å². The van der Waals surface area contributed by atoms with E-state index < -0.39 is 0 Å². The SMILES string of the molecule is CC(C)CC[C@H](C)NC(=O)Nc1cccc(-c2ccc(=O)[nH]n2)c1. The molecule has 2 amide bonds. The summed E-state index contributed by atoms with van der Waals surface area (Å²) in [4.78, 5) is 23.2. The molecule has 6 heteroatoms. The average Bonchev–Trinajstić information content (AvgIpc) is 2.53. The fourth-order valence-electron chi connectivity index (χ4n) is 2.31. The molecule has 1 atom stereocenters. The van der Waals surface area contributed by atoms with E-state index in [1.54, 1.807) is 6.07 Å². The highest BCUT2D eigenvalue weighted by atomic mass is 16.2. The number of urea groups is 1. The van der Waals surface area contributed by atoms with Crippen LogP contribution in [0.1, 0.15) is 33.6 Å². The molecule has 0 spiro atoms. The first-order valence-electron chi connectivity index (χ1n) is 8.17. The van der Waals surface area contributed by atoms with E-state index in [2.05, 4.69) is 34.7 Å². The maximum Gasteiger partial charge on any atom is 0.319 e. The van der Waals surface area contributed by atoms with Crippen LogP contribution in [0.5, 0.6) is 0 Å². The molecule has 0 fully saturated rings. The number of H-pyrrole nitrogens is 1. The minimum absolute atomic E-state index is 0.122. The van der Waals surface area contributed by atoms with E-state index in [1.165, 1.54) is 6.07 Å². The predicted octanol–water partition coefficient (Wildman–Crippen LogP) is 3.38. The number of carbonyl (C=O) groups is 1. The first kappa shape index (κ1) is 17.7. The van der Waals surface area contributed by atoms with Crippen LogP contribution in [0.4, 0.5) is 10.5 Å². The Balaban J connectivity index is 1.97. The molecule has 1 heterocycles. The molecule has 2 rings (SSSR count). The molecule has 0 unspecified atom stereocenters. The third-order valence-electron chi connectivity index (χ3n) is 3.65. The Morgan fingerprint density at radius 2 is 1.96 bits per heavy atom. The second-order valence-electron chi connectivity index (χ2n) is 6.36. The lowest BCUT2D eigenvalue weighted by Gasteiger charge is -2.16. The molecule has 128 valence electrons. The monoisotopic (exact) mass is 328 g/mol. The summed E-state index contributed by atoms with van der Waals surface area (Å²) in [6, 6.07) is 10.3. The van der Waals surface area contributed by atoms with E-state index in [9.17, 15) is 9.59 Å². The van der Waals surface area contributed by atoms with E-state index in [4.69, 9.17) is 0 Å². The van der Waals surface area contributed by atoms with Crippen LogP contribution >= 0.6 is 0 Å². The van der Waals surface area contributed by atoms with Crippen LogP contribution in [0.2, 0.25) is 0 Å². The Labute approximate surface area is 141 Å². The topological polar surface area (TPSA) is 86.9 Å². The summed E-state index contributed by atoms with van der Waals surface area (Å²) in [5.74, 6) is 0.624. The van der Waals surface area contributed by atoms with E-state index in [0.717, 1.165) is 18.4 Å². The molecule has 0 saturated heterocycles. The molecule has 3 N–H and O–H groups in total. The Morgan fingerprint density at radius 3 is 2.62 bits per heavy atom. The maximum absolute atomic E-state index is 12.1. The molecule has 1 aromatic carbocycles. The standard InChI is InChI=1S/C18H24N4O2/c1-12(2)7-8-13(3)19-18(24)20-15-6-4-5-14(11-15)16-9-10-17(23)22-21-16/h4-6,9-13H,7-8H2,1-3H3,(H,22,23)(H2,19,20,24)/t13-/m0/s1. The molecule has 1 aromatic heterocycles. The molecule has 0 aliphatic carbocycles. The van der Waals surface area contributed by atoms with Crippen LogP contribution in [-0.2, 0) is 0 Å². The molecule has 0 bridgehead atoms. The molecule has 0 aliphatic rings. The summed E-state index contributed by atoms with van der Waals surface area (Å²) in [5.41, 5.74) is 1.89. The normalized spacial score (nSPS) is 12.0. The number of hydrogen-bond acceptors (Lipinski definition) is 3. The van der Waals surface area contributed by atoms with Gasteiger partial charge in [-0.25, -0.2) is 9.89 Å². The summed E-state index contributed by atoms with van der Waals surface area (Å²) in [7, 11) is 0. The van der Waals surface area contributed by atoms with Gasteiger partial charge >= 0.3 is 6.03 Å². The number of hydrogen-bond donors (Lipinski definition) is 3. The lowest BCUT2D eigenvalue weighted by Crippen LogP contribution is -2.36. The maximum atomic E-state index is 12.1. The number of aromatic amines is 1. The fourth-order valence-corrected chi connectivity index (χ4v) is 2.31. The highest BCUT2D eigenvalue weighted by Crippen LogP contribution is 2.19. The first-order chi connectivity index (χ1) is 11.4. The number of nitrogens with zero attached hydrogens (tertiary/aromatic N) is 1. The van der Waals surface area contributed by atoms with Crippen molar-refractivity contribution in [2.75, 3.05) is 5.32 Å². The molecule has 0 saturated carbocycles. The van der Waals surface area contributed by atoms with Crippen LogP contribution in [-0.4, -0.2) is 22.3 Å². The second-order valence-corrected chi connectivity index (χ2v) is 6.36. The van der Waals surface area contributed by atoms with Gasteiger partial charge < -0.3 is 10.6 Å². The number of benzene rings is 1. The van der Waals surface area contributed by atoms with Crippen LogP contribution in [0, 0.1) is 5.92 Å². The number of rotatable bonds is 6. The fraction of sp³-hybridized carbons (Fsp3) is 0.389. The van der Waals surface area contributed by atoms with Gasteiger partial charge in [-0.1, -0.05) is 26.0 Å². The van der Waals surface area contributed by atoms with Gasteiger partial charge in [0.2, 0.25) is 0 Å². The third kappa shape index (κ3) is 5.53. The van der Waals surface area contributed by atoms with Crippen LogP contribution in [0.3, 0.4) is 0 Å². The Morgan fingerprint density at radius 1 is 1.17 bits per heavy atom. The van der Waals surface area contributed by atoms with Crippen LogP contribution in [0.15, 0.2) is 41.2 Å². The summed E-state index contributed by atoms with van der Waals surface area (Å²) in [6.07, 6.45) is 2.03. The summed E-state index contributed by atoms with van der Waals surface area (Å²) in [6.45, 7) is 6.34. The van der Waals surface area contributed by atoms with Crippen molar-refractivity contribution in [1.29, 1.82) is 0 Å². The number of anilines is 1. The molecule has 0 aliphatic heterocycles. The Kier molecular flexibility index (Phi) is 6.12. The number of aromatic nitrogens is 2. The number of nitrogens with one attached hydrogen (secondary N) is 3. The third-order valence-corrected chi connectivity index (χ3v) is 3.65. The highest BCUT2D eigenvalue weighted by molar-refractivity contribution is 5.90. The minimum atomic E-state index is -0.247. The molecule has 2 aromatic rings. The van der Waals surface area contributed by atoms with Gasteiger partial charge in [0, 0.05) is 23.4 Å². The molecule has 0 radical (unpaired) electrons. The summed E-state index contributed by atoms with van der Waals surface area (Å²) >= 11 is 0. The van der Waals surface area contributed by atoms with E-state index in [0.29, 0.717) is 17.3 Å². The Bertz CT molecular complexity index is 719. The van der Waals surface area contributed by atoms with Crippen molar-refractivity contribution in [3.8, 4) is 11.3 Å². The lowest BCUT2D eigenvalue weighted by atomic mass is 10.0.